The molecule has 1 aromatic carbocycles. The van der Waals surface area contributed by atoms with Crippen LogP contribution in [-0.2, 0) is 27.2 Å². The van der Waals surface area contributed by atoms with Gasteiger partial charge >= 0.3 is 6.09 Å². The molecule has 3 aliphatic heterocycles. The van der Waals surface area contributed by atoms with Crippen molar-refractivity contribution in [3.8, 4) is 0 Å². The Morgan fingerprint density at radius 2 is 1.93 bits per heavy atom. The summed E-state index contributed by atoms with van der Waals surface area (Å²) in [7, 11) is 0. The summed E-state index contributed by atoms with van der Waals surface area (Å²) < 4.78 is 11.2. The minimum Gasteiger partial charge on any atom is -0.444 e. The van der Waals surface area contributed by atoms with Gasteiger partial charge in [-0.05, 0) is 71.4 Å². The van der Waals surface area contributed by atoms with Gasteiger partial charge in [-0.1, -0.05) is 29.8 Å². The number of amides is 2. The lowest BCUT2D eigenvalue weighted by atomic mass is 9.79. The number of hydrogen-bond acceptors (Lipinski definition) is 7. The van der Waals surface area contributed by atoms with Gasteiger partial charge in [-0.3, -0.25) is 4.79 Å². The molecule has 2 saturated heterocycles. The van der Waals surface area contributed by atoms with E-state index < -0.39 is 5.60 Å². The monoisotopic (exact) mass is 549 g/mol. The van der Waals surface area contributed by atoms with Crippen molar-refractivity contribution in [2.45, 2.75) is 90.4 Å². The standard InChI is InChI=1S/C31H43N5O4/c1-20-7-6-8-22(15-20)26-18-35(30(38)40-31(3,4)5)12-9-25(26)28(37)36-19-27-23(16-21(36)2)17-32-29(34-27)33-24-10-13-39-14-11-24/h6-8,15,17,21,24-26H,9-14,16,18-19H2,1-5H3,(H,32,33,34)/t21-,25+,26-/m1/s1. The van der Waals surface area contributed by atoms with Crippen LogP contribution >= 0.6 is 0 Å². The van der Waals surface area contributed by atoms with Crippen molar-refractivity contribution < 1.29 is 19.1 Å². The second-order valence-corrected chi connectivity index (χ2v) is 12.6. The molecule has 0 unspecified atom stereocenters. The number of hydrogen-bond donors (Lipinski definition) is 1. The van der Waals surface area contributed by atoms with Gasteiger partial charge in [-0.15, -0.1) is 0 Å². The molecular weight excluding hydrogens is 506 g/mol. The first-order chi connectivity index (χ1) is 19.1. The van der Waals surface area contributed by atoms with Crippen molar-refractivity contribution in [3.63, 3.8) is 0 Å². The number of benzene rings is 1. The van der Waals surface area contributed by atoms with Crippen LogP contribution in [0.25, 0.3) is 0 Å². The van der Waals surface area contributed by atoms with Crippen molar-refractivity contribution >= 4 is 17.9 Å². The first-order valence-corrected chi connectivity index (χ1v) is 14.6. The number of aromatic nitrogens is 2. The highest BCUT2D eigenvalue weighted by Gasteiger charge is 2.41. The van der Waals surface area contributed by atoms with Crippen LogP contribution in [0.15, 0.2) is 30.5 Å². The molecule has 2 fully saturated rings. The third kappa shape index (κ3) is 6.57. The number of nitrogens with zero attached hydrogens (tertiary/aromatic N) is 4. The molecule has 0 aliphatic carbocycles. The molecule has 4 heterocycles. The maximum absolute atomic E-state index is 14.3. The highest BCUT2D eigenvalue weighted by atomic mass is 16.6. The number of carbonyl (C=O) groups is 2. The zero-order valence-electron chi connectivity index (χ0n) is 24.5. The van der Waals surface area contributed by atoms with E-state index in [1.165, 1.54) is 0 Å². The Balaban J connectivity index is 1.35. The summed E-state index contributed by atoms with van der Waals surface area (Å²) in [4.78, 5) is 40.4. The Labute approximate surface area is 237 Å². The van der Waals surface area contributed by atoms with Crippen LogP contribution in [0.5, 0.6) is 0 Å². The summed E-state index contributed by atoms with van der Waals surface area (Å²) in [5.41, 5.74) is 3.67. The first kappa shape index (κ1) is 28.3. The van der Waals surface area contributed by atoms with E-state index in [0.717, 1.165) is 54.9 Å². The van der Waals surface area contributed by atoms with Crippen molar-refractivity contribution in [2.75, 3.05) is 31.6 Å². The Morgan fingerprint density at radius 3 is 2.65 bits per heavy atom. The predicted octanol–water partition coefficient (Wildman–Crippen LogP) is 4.69. The SMILES string of the molecule is Cc1cccc([C@H]2CN(C(=O)OC(C)(C)C)CC[C@@H]2C(=O)N2Cc3nc(NC4CCOCC4)ncc3C[C@H]2C)c1. The van der Waals surface area contributed by atoms with Gasteiger partial charge in [0, 0.05) is 56.4 Å². The van der Waals surface area contributed by atoms with Crippen LogP contribution in [0.2, 0.25) is 0 Å². The van der Waals surface area contributed by atoms with Gasteiger partial charge in [0.25, 0.3) is 0 Å². The highest BCUT2D eigenvalue weighted by Crippen LogP contribution is 2.37. The Morgan fingerprint density at radius 1 is 1.15 bits per heavy atom. The van der Waals surface area contributed by atoms with Gasteiger partial charge in [0.1, 0.15) is 5.60 Å². The number of ether oxygens (including phenoxy) is 2. The fourth-order valence-electron chi connectivity index (χ4n) is 6.08. The molecule has 0 saturated carbocycles. The second kappa shape index (κ2) is 11.7. The summed E-state index contributed by atoms with van der Waals surface area (Å²) in [6.07, 6.45) is 4.78. The minimum atomic E-state index is -0.570. The third-order valence-electron chi connectivity index (χ3n) is 8.21. The van der Waals surface area contributed by atoms with Crippen LogP contribution in [0, 0.1) is 12.8 Å². The second-order valence-electron chi connectivity index (χ2n) is 12.6. The average Bonchev–Trinajstić information content (AvgIpc) is 2.92. The van der Waals surface area contributed by atoms with Gasteiger partial charge in [-0.2, -0.15) is 0 Å². The van der Waals surface area contributed by atoms with Crippen LogP contribution < -0.4 is 5.32 Å². The number of likely N-dealkylation sites (tertiary alicyclic amines) is 1. The fraction of sp³-hybridized carbons (Fsp3) is 0.613. The summed E-state index contributed by atoms with van der Waals surface area (Å²) >= 11 is 0. The Kier molecular flexibility index (Phi) is 8.31. The van der Waals surface area contributed by atoms with E-state index in [0.29, 0.717) is 38.0 Å². The molecule has 9 heteroatoms. The van der Waals surface area contributed by atoms with E-state index in [9.17, 15) is 9.59 Å². The lowest BCUT2D eigenvalue weighted by molar-refractivity contribution is -0.141. The minimum absolute atomic E-state index is 0.0416. The number of fused-ring (bicyclic) bond motifs is 1. The van der Waals surface area contributed by atoms with E-state index in [4.69, 9.17) is 14.5 Å². The number of carbonyl (C=O) groups excluding carboxylic acids is 2. The summed E-state index contributed by atoms with van der Waals surface area (Å²) in [6.45, 7) is 12.7. The van der Waals surface area contributed by atoms with Crippen LogP contribution in [0.4, 0.5) is 10.7 Å². The van der Waals surface area contributed by atoms with Gasteiger partial charge in [0.05, 0.1) is 12.2 Å². The molecule has 40 heavy (non-hydrogen) atoms. The largest absolute Gasteiger partial charge is 0.444 e. The average molecular weight is 550 g/mol. The van der Waals surface area contributed by atoms with Crippen LogP contribution in [-0.4, -0.2) is 75.8 Å². The number of rotatable bonds is 4. The van der Waals surface area contributed by atoms with E-state index in [1.807, 2.05) is 37.9 Å². The molecule has 2 aromatic rings. The molecule has 5 rings (SSSR count). The first-order valence-electron chi connectivity index (χ1n) is 14.6. The van der Waals surface area contributed by atoms with Crippen molar-refractivity contribution in [1.29, 1.82) is 0 Å². The summed E-state index contributed by atoms with van der Waals surface area (Å²) in [6, 6.07) is 8.65. The molecule has 9 nitrogen and oxygen atoms in total. The molecule has 0 spiro atoms. The maximum Gasteiger partial charge on any atom is 0.410 e. The molecule has 0 radical (unpaired) electrons. The quantitative estimate of drug-likeness (QED) is 0.591. The Bertz CT molecular complexity index is 1220. The van der Waals surface area contributed by atoms with Crippen molar-refractivity contribution in [3.05, 3.63) is 52.8 Å². The lowest BCUT2D eigenvalue weighted by Gasteiger charge is -2.42. The van der Waals surface area contributed by atoms with Crippen molar-refractivity contribution in [1.82, 2.24) is 19.8 Å². The van der Waals surface area contributed by atoms with Gasteiger partial charge in [0.15, 0.2) is 0 Å². The smallest absolute Gasteiger partial charge is 0.410 e. The van der Waals surface area contributed by atoms with Gasteiger partial charge in [0.2, 0.25) is 11.9 Å². The fourth-order valence-corrected chi connectivity index (χ4v) is 6.08. The number of aryl methyl sites for hydroxylation is 1. The van der Waals surface area contributed by atoms with E-state index in [2.05, 4.69) is 42.3 Å². The Hall–Kier alpha value is -3.20. The molecule has 2 amide bonds. The van der Waals surface area contributed by atoms with E-state index >= 15 is 0 Å². The molecule has 1 N–H and O–H groups in total. The zero-order valence-corrected chi connectivity index (χ0v) is 24.5. The molecular formula is C31H43N5O4. The highest BCUT2D eigenvalue weighted by molar-refractivity contribution is 5.81. The molecule has 1 aromatic heterocycles. The summed E-state index contributed by atoms with van der Waals surface area (Å²) in [5.74, 6) is 0.409. The third-order valence-corrected chi connectivity index (χ3v) is 8.21. The van der Waals surface area contributed by atoms with Gasteiger partial charge in [-0.25, -0.2) is 14.8 Å². The molecule has 3 atom stereocenters. The number of anilines is 1. The molecule has 3 aliphatic rings. The molecule has 216 valence electrons. The molecule has 0 bridgehead atoms. The van der Waals surface area contributed by atoms with E-state index in [1.54, 1.807) is 4.90 Å². The number of piperidine rings is 1. The van der Waals surface area contributed by atoms with Crippen LogP contribution in [0.1, 0.15) is 75.3 Å². The normalized spacial score (nSPS) is 23.9. The lowest BCUT2D eigenvalue weighted by Crippen LogP contribution is -2.52. The number of nitrogens with one attached hydrogen (secondary N) is 1. The summed E-state index contributed by atoms with van der Waals surface area (Å²) in [5, 5.41) is 3.46. The van der Waals surface area contributed by atoms with Crippen LogP contribution in [0.3, 0.4) is 0 Å². The maximum atomic E-state index is 14.3. The predicted molar refractivity (Wildman–Crippen MR) is 153 cm³/mol. The van der Waals surface area contributed by atoms with Gasteiger partial charge < -0.3 is 24.6 Å². The van der Waals surface area contributed by atoms with E-state index in [-0.39, 0.29) is 29.9 Å². The van der Waals surface area contributed by atoms with Crippen molar-refractivity contribution in [2.24, 2.45) is 5.92 Å². The topological polar surface area (TPSA) is 96.9 Å². The zero-order chi connectivity index (χ0) is 28.4.